The number of hydrogen-bond donors (Lipinski definition) is 1. The van der Waals surface area contributed by atoms with Gasteiger partial charge in [-0.3, -0.25) is 15.0 Å². The van der Waals surface area contributed by atoms with E-state index >= 15 is 0 Å². The maximum atomic E-state index is 12.5. The number of amides is 4. The summed E-state index contributed by atoms with van der Waals surface area (Å²) in [5.74, 6) is 0.0404. The van der Waals surface area contributed by atoms with E-state index < -0.39 is 17.5 Å². The Kier molecular flexibility index (Phi) is 6.99. The molecule has 1 aromatic carbocycles. The van der Waals surface area contributed by atoms with Crippen LogP contribution in [0.25, 0.3) is 6.08 Å². The van der Waals surface area contributed by atoms with Crippen LogP contribution in [0.3, 0.4) is 0 Å². The van der Waals surface area contributed by atoms with Crippen molar-refractivity contribution in [3.63, 3.8) is 0 Å². The summed E-state index contributed by atoms with van der Waals surface area (Å²) in [6, 6.07) is 10.7. The first-order valence-corrected chi connectivity index (χ1v) is 11.6. The summed E-state index contributed by atoms with van der Waals surface area (Å²) in [4.78, 5) is 51.4. The standard InChI is InChI=1S/C25H30N6O4/c1-25(2,3)35-24(34)30-13-7-12-29(14-15-30)22-26-11-10-19(27-22)16-20-21(32)28-23(33)31(20)17-18-8-5-4-6-9-18/h4-6,8-11,16H,7,12-15,17H2,1-3H3,(H,28,32,33)/b20-16+. The smallest absolute Gasteiger partial charge is 0.410 e. The van der Waals surface area contributed by atoms with Crippen LogP contribution in [0, 0.1) is 0 Å². The molecule has 1 N–H and O–H groups in total. The summed E-state index contributed by atoms with van der Waals surface area (Å²) in [6.45, 7) is 8.13. The molecule has 3 heterocycles. The van der Waals surface area contributed by atoms with Gasteiger partial charge in [0.15, 0.2) is 0 Å². The van der Waals surface area contributed by atoms with E-state index in [1.54, 1.807) is 23.2 Å². The highest BCUT2D eigenvalue weighted by Gasteiger charge is 2.33. The second kappa shape index (κ2) is 10.1. The van der Waals surface area contributed by atoms with E-state index in [-0.39, 0.29) is 18.3 Å². The number of carbonyl (C=O) groups is 3. The highest BCUT2D eigenvalue weighted by atomic mass is 16.6. The van der Waals surface area contributed by atoms with Gasteiger partial charge < -0.3 is 14.5 Å². The van der Waals surface area contributed by atoms with Crippen LogP contribution in [0.4, 0.5) is 15.5 Å². The van der Waals surface area contributed by atoms with Gasteiger partial charge in [0.2, 0.25) is 5.95 Å². The lowest BCUT2D eigenvalue weighted by atomic mass is 10.2. The number of nitrogens with one attached hydrogen (secondary N) is 1. The second-order valence-corrected chi connectivity index (χ2v) is 9.45. The molecule has 10 nitrogen and oxygen atoms in total. The number of anilines is 1. The monoisotopic (exact) mass is 478 g/mol. The van der Waals surface area contributed by atoms with Crippen molar-refractivity contribution in [3.05, 3.63) is 59.5 Å². The number of rotatable bonds is 4. The molecule has 10 heteroatoms. The second-order valence-electron chi connectivity index (χ2n) is 9.45. The van der Waals surface area contributed by atoms with Gasteiger partial charge in [-0.15, -0.1) is 0 Å². The van der Waals surface area contributed by atoms with Gasteiger partial charge in [-0.2, -0.15) is 0 Å². The van der Waals surface area contributed by atoms with Crippen LogP contribution in [0.2, 0.25) is 0 Å². The van der Waals surface area contributed by atoms with Crippen molar-refractivity contribution in [2.45, 2.75) is 39.3 Å². The largest absolute Gasteiger partial charge is 0.444 e. The predicted molar refractivity (Wildman–Crippen MR) is 130 cm³/mol. The van der Waals surface area contributed by atoms with E-state index in [2.05, 4.69) is 15.3 Å². The molecule has 2 fully saturated rings. The van der Waals surface area contributed by atoms with Crippen molar-refractivity contribution in [3.8, 4) is 0 Å². The average molecular weight is 479 g/mol. The molecule has 0 atom stereocenters. The third kappa shape index (κ3) is 6.14. The number of urea groups is 1. The molecule has 4 rings (SSSR count). The average Bonchev–Trinajstić information content (AvgIpc) is 2.98. The Morgan fingerprint density at radius 2 is 1.86 bits per heavy atom. The quantitative estimate of drug-likeness (QED) is 0.532. The summed E-state index contributed by atoms with van der Waals surface area (Å²) in [5, 5.41) is 2.35. The molecule has 184 valence electrons. The van der Waals surface area contributed by atoms with Gasteiger partial charge in [0.1, 0.15) is 11.3 Å². The Labute approximate surface area is 204 Å². The van der Waals surface area contributed by atoms with Gasteiger partial charge in [0.25, 0.3) is 5.91 Å². The number of benzene rings is 1. The SMILES string of the molecule is CC(C)(C)OC(=O)N1CCCN(c2nccc(/C=C3\C(=O)NC(=O)N3Cc3ccccc3)n2)CC1. The zero-order valence-electron chi connectivity index (χ0n) is 20.2. The van der Waals surface area contributed by atoms with Gasteiger partial charge in [0.05, 0.1) is 12.2 Å². The predicted octanol–water partition coefficient (Wildman–Crippen LogP) is 3.02. The van der Waals surface area contributed by atoms with E-state index in [0.29, 0.717) is 37.8 Å². The molecular formula is C25H30N6O4. The molecule has 2 aliphatic rings. The third-order valence-electron chi connectivity index (χ3n) is 5.55. The van der Waals surface area contributed by atoms with Crippen LogP contribution in [-0.2, 0) is 16.1 Å². The van der Waals surface area contributed by atoms with Crippen LogP contribution in [-0.4, -0.2) is 69.6 Å². The van der Waals surface area contributed by atoms with Crippen LogP contribution in [0.1, 0.15) is 38.4 Å². The maximum absolute atomic E-state index is 12.5. The summed E-state index contributed by atoms with van der Waals surface area (Å²) in [5.41, 5.74) is 1.11. The number of imide groups is 1. The summed E-state index contributed by atoms with van der Waals surface area (Å²) in [7, 11) is 0. The molecule has 1 aromatic heterocycles. The molecule has 2 saturated heterocycles. The minimum Gasteiger partial charge on any atom is -0.444 e. The maximum Gasteiger partial charge on any atom is 0.410 e. The third-order valence-corrected chi connectivity index (χ3v) is 5.55. The number of hydrogen-bond acceptors (Lipinski definition) is 7. The number of aromatic nitrogens is 2. The Hall–Kier alpha value is -3.95. The first-order valence-electron chi connectivity index (χ1n) is 11.6. The van der Waals surface area contributed by atoms with Crippen LogP contribution in [0.15, 0.2) is 48.3 Å². The minimum absolute atomic E-state index is 0.232. The molecule has 0 unspecified atom stereocenters. The molecule has 0 bridgehead atoms. The topological polar surface area (TPSA) is 108 Å². The van der Waals surface area contributed by atoms with Crippen LogP contribution >= 0.6 is 0 Å². The molecule has 0 spiro atoms. The lowest BCUT2D eigenvalue weighted by molar-refractivity contribution is -0.116. The first kappa shape index (κ1) is 24.2. The van der Waals surface area contributed by atoms with Crippen molar-refractivity contribution in [1.29, 1.82) is 0 Å². The zero-order valence-corrected chi connectivity index (χ0v) is 20.2. The lowest BCUT2D eigenvalue weighted by Gasteiger charge is -2.26. The lowest BCUT2D eigenvalue weighted by Crippen LogP contribution is -2.39. The summed E-state index contributed by atoms with van der Waals surface area (Å²) >= 11 is 0. The first-order chi connectivity index (χ1) is 16.7. The van der Waals surface area contributed by atoms with Crippen molar-refractivity contribution >= 4 is 30.1 Å². The fraction of sp³-hybridized carbons (Fsp3) is 0.400. The molecule has 0 saturated carbocycles. The number of nitrogens with zero attached hydrogens (tertiary/aromatic N) is 5. The van der Waals surface area contributed by atoms with E-state index in [0.717, 1.165) is 12.0 Å². The zero-order chi connectivity index (χ0) is 25.0. The van der Waals surface area contributed by atoms with Crippen molar-refractivity contribution in [2.24, 2.45) is 0 Å². The van der Waals surface area contributed by atoms with Gasteiger partial charge >= 0.3 is 12.1 Å². The van der Waals surface area contributed by atoms with E-state index in [1.165, 1.54) is 4.90 Å². The van der Waals surface area contributed by atoms with Crippen molar-refractivity contribution in [1.82, 2.24) is 25.1 Å². The molecule has 0 aliphatic carbocycles. The molecule has 4 amide bonds. The van der Waals surface area contributed by atoms with Gasteiger partial charge in [-0.05, 0) is 44.9 Å². The molecule has 2 aromatic rings. The number of ether oxygens (including phenoxy) is 1. The Morgan fingerprint density at radius 3 is 2.60 bits per heavy atom. The summed E-state index contributed by atoms with van der Waals surface area (Å²) in [6.07, 6.45) is 3.64. The fourth-order valence-electron chi connectivity index (χ4n) is 3.89. The van der Waals surface area contributed by atoms with Crippen molar-refractivity contribution in [2.75, 3.05) is 31.1 Å². The summed E-state index contributed by atoms with van der Waals surface area (Å²) < 4.78 is 5.50. The van der Waals surface area contributed by atoms with E-state index in [9.17, 15) is 14.4 Å². The Balaban J connectivity index is 1.49. The van der Waals surface area contributed by atoms with Crippen LogP contribution < -0.4 is 10.2 Å². The molecule has 0 radical (unpaired) electrons. The Bertz CT molecular complexity index is 1130. The van der Waals surface area contributed by atoms with Gasteiger partial charge in [-0.1, -0.05) is 30.3 Å². The highest BCUT2D eigenvalue weighted by Crippen LogP contribution is 2.21. The van der Waals surface area contributed by atoms with E-state index in [4.69, 9.17) is 4.74 Å². The molecule has 35 heavy (non-hydrogen) atoms. The van der Waals surface area contributed by atoms with Crippen LogP contribution in [0.5, 0.6) is 0 Å². The van der Waals surface area contributed by atoms with Gasteiger partial charge in [-0.25, -0.2) is 19.6 Å². The van der Waals surface area contributed by atoms with Crippen molar-refractivity contribution < 1.29 is 19.1 Å². The molecule has 2 aliphatic heterocycles. The fourth-order valence-corrected chi connectivity index (χ4v) is 3.89. The Morgan fingerprint density at radius 1 is 1.09 bits per heavy atom. The minimum atomic E-state index is -0.545. The normalized spacial score (nSPS) is 18.0. The highest BCUT2D eigenvalue weighted by molar-refractivity contribution is 6.13. The molecular weight excluding hydrogens is 448 g/mol. The number of carbonyl (C=O) groups excluding carboxylic acids is 3. The van der Waals surface area contributed by atoms with Gasteiger partial charge in [0, 0.05) is 32.4 Å². The van der Waals surface area contributed by atoms with E-state index in [1.807, 2.05) is 56.0 Å².